The van der Waals surface area contributed by atoms with Crippen LogP contribution in [-0.4, -0.2) is 0 Å². The van der Waals surface area contributed by atoms with E-state index in [1.54, 1.807) is 5.56 Å². The van der Waals surface area contributed by atoms with Crippen LogP contribution in [0, 0.1) is 11.8 Å². The molecule has 0 nitrogen and oxygen atoms in total. The molecule has 0 heterocycles. The number of benzene rings is 1. The van der Waals surface area contributed by atoms with Crippen LogP contribution in [0.4, 0.5) is 0 Å². The minimum absolute atomic E-state index is 0.832. The first-order valence-corrected chi connectivity index (χ1v) is 8.95. The summed E-state index contributed by atoms with van der Waals surface area (Å²) in [4.78, 5) is 0. The van der Waals surface area contributed by atoms with Crippen molar-refractivity contribution >= 4 is 0 Å². The molecular weight excluding hydrogens is 240 g/mol. The molecule has 2 aliphatic rings. The van der Waals surface area contributed by atoms with Crippen molar-refractivity contribution in [2.75, 3.05) is 0 Å². The zero-order chi connectivity index (χ0) is 13.8. The van der Waals surface area contributed by atoms with E-state index in [9.17, 15) is 0 Å². The van der Waals surface area contributed by atoms with Crippen LogP contribution in [-0.2, 0) is 6.42 Å². The highest BCUT2D eigenvalue weighted by Crippen LogP contribution is 2.43. The summed E-state index contributed by atoms with van der Waals surface area (Å²) in [6.07, 6.45) is 14.5. The van der Waals surface area contributed by atoms with Crippen molar-refractivity contribution in [3.05, 3.63) is 35.4 Å². The molecule has 0 heteroatoms. The lowest BCUT2D eigenvalue weighted by Gasteiger charge is -2.17. The van der Waals surface area contributed by atoms with Crippen molar-refractivity contribution in [2.45, 2.75) is 77.0 Å². The Morgan fingerprint density at radius 1 is 0.750 bits per heavy atom. The highest BCUT2D eigenvalue weighted by Gasteiger charge is 2.30. The standard InChI is InChI=1S/C20H30/c1-2-16-10-12-19(13-11-16)17-6-3-4-7-18(9-5-8-17)20-14-15-20/h10-13,17-18,20H,2-9,14-15H2,1H3. The fourth-order valence-electron chi connectivity index (χ4n) is 4.11. The molecule has 0 bridgehead atoms. The molecule has 2 saturated carbocycles. The van der Waals surface area contributed by atoms with Gasteiger partial charge in [0.1, 0.15) is 0 Å². The van der Waals surface area contributed by atoms with E-state index < -0.39 is 0 Å². The fraction of sp³-hybridized carbons (Fsp3) is 0.700. The number of rotatable bonds is 3. The van der Waals surface area contributed by atoms with Gasteiger partial charge in [0, 0.05) is 0 Å². The van der Waals surface area contributed by atoms with Gasteiger partial charge in [-0.25, -0.2) is 0 Å². The maximum absolute atomic E-state index is 2.40. The second-order valence-corrected chi connectivity index (χ2v) is 7.10. The molecule has 0 N–H and O–H groups in total. The minimum Gasteiger partial charge on any atom is -0.0613 e. The highest BCUT2D eigenvalue weighted by molar-refractivity contribution is 5.25. The smallest absolute Gasteiger partial charge is 0.0162 e. The summed E-state index contributed by atoms with van der Waals surface area (Å²) in [7, 11) is 0. The maximum atomic E-state index is 2.40. The molecule has 0 radical (unpaired) electrons. The van der Waals surface area contributed by atoms with Crippen LogP contribution >= 0.6 is 0 Å². The Balaban J connectivity index is 1.60. The Morgan fingerprint density at radius 3 is 2.05 bits per heavy atom. The van der Waals surface area contributed by atoms with Crippen LogP contribution in [0.25, 0.3) is 0 Å². The van der Waals surface area contributed by atoms with Gasteiger partial charge < -0.3 is 0 Å². The largest absolute Gasteiger partial charge is 0.0613 e. The number of hydrogen-bond acceptors (Lipinski definition) is 0. The Morgan fingerprint density at radius 2 is 1.35 bits per heavy atom. The van der Waals surface area contributed by atoms with E-state index in [-0.39, 0.29) is 0 Å². The molecule has 1 aromatic carbocycles. The molecule has 110 valence electrons. The minimum atomic E-state index is 0.832. The fourth-order valence-corrected chi connectivity index (χ4v) is 4.11. The summed E-state index contributed by atoms with van der Waals surface area (Å²) in [5, 5.41) is 0. The van der Waals surface area contributed by atoms with Crippen molar-refractivity contribution < 1.29 is 0 Å². The third-order valence-electron chi connectivity index (χ3n) is 5.65. The van der Waals surface area contributed by atoms with Crippen LogP contribution in [0.5, 0.6) is 0 Å². The Kier molecular flexibility index (Phi) is 4.81. The van der Waals surface area contributed by atoms with Crippen molar-refractivity contribution in [1.82, 2.24) is 0 Å². The predicted octanol–water partition coefficient (Wildman–Crippen LogP) is 6.10. The molecule has 2 fully saturated rings. The van der Waals surface area contributed by atoms with E-state index in [1.807, 2.05) is 0 Å². The quantitative estimate of drug-likeness (QED) is 0.622. The van der Waals surface area contributed by atoms with Crippen LogP contribution < -0.4 is 0 Å². The molecule has 2 unspecified atom stereocenters. The van der Waals surface area contributed by atoms with Crippen LogP contribution in [0.15, 0.2) is 24.3 Å². The van der Waals surface area contributed by atoms with Gasteiger partial charge in [-0.1, -0.05) is 63.3 Å². The third-order valence-corrected chi connectivity index (χ3v) is 5.65. The second kappa shape index (κ2) is 6.78. The predicted molar refractivity (Wildman–Crippen MR) is 87.1 cm³/mol. The molecule has 0 spiro atoms. The lowest BCUT2D eigenvalue weighted by molar-refractivity contribution is 0.380. The normalized spacial score (nSPS) is 28.4. The number of aryl methyl sites for hydroxylation is 1. The van der Waals surface area contributed by atoms with Crippen LogP contribution in [0.2, 0.25) is 0 Å². The molecular formula is C20H30. The van der Waals surface area contributed by atoms with Gasteiger partial charge in [-0.15, -0.1) is 0 Å². The average molecular weight is 270 g/mol. The first-order chi connectivity index (χ1) is 9.86. The van der Waals surface area contributed by atoms with Crippen molar-refractivity contribution in [2.24, 2.45) is 11.8 Å². The SMILES string of the molecule is CCc1ccc(C2CCCCC(C3CC3)CCC2)cc1. The van der Waals surface area contributed by atoms with E-state index in [1.165, 1.54) is 63.4 Å². The van der Waals surface area contributed by atoms with Crippen LogP contribution in [0.3, 0.4) is 0 Å². The van der Waals surface area contributed by atoms with Gasteiger partial charge in [-0.2, -0.15) is 0 Å². The summed E-state index contributed by atoms with van der Waals surface area (Å²) < 4.78 is 0. The topological polar surface area (TPSA) is 0 Å². The van der Waals surface area contributed by atoms with Crippen molar-refractivity contribution in [3.8, 4) is 0 Å². The second-order valence-electron chi connectivity index (χ2n) is 7.10. The van der Waals surface area contributed by atoms with E-state index in [2.05, 4.69) is 31.2 Å². The van der Waals surface area contributed by atoms with Gasteiger partial charge in [0.25, 0.3) is 0 Å². The molecule has 2 atom stereocenters. The molecule has 0 aromatic heterocycles. The Hall–Kier alpha value is -0.780. The summed E-state index contributed by atoms with van der Waals surface area (Å²) >= 11 is 0. The van der Waals surface area contributed by atoms with Crippen molar-refractivity contribution in [1.29, 1.82) is 0 Å². The zero-order valence-corrected chi connectivity index (χ0v) is 13.1. The Bertz CT molecular complexity index is 399. The monoisotopic (exact) mass is 270 g/mol. The summed E-state index contributed by atoms with van der Waals surface area (Å²) in [6, 6.07) is 9.49. The third kappa shape index (κ3) is 3.65. The molecule has 3 rings (SSSR count). The van der Waals surface area contributed by atoms with Gasteiger partial charge in [0.2, 0.25) is 0 Å². The molecule has 0 aliphatic heterocycles. The van der Waals surface area contributed by atoms with Gasteiger partial charge in [0.05, 0.1) is 0 Å². The average Bonchev–Trinajstić information content (AvgIpc) is 3.31. The lowest BCUT2D eigenvalue weighted by Crippen LogP contribution is -2.02. The van der Waals surface area contributed by atoms with Gasteiger partial charge in [-0.05, 0) is 61.0 Å². The first-order valence-electron chi connectivity index (χ1n) is 8.95. The maximum Gasteiger partial charge on any atom is -0.0162 e. The molecule has 2 aliphatic carbocycles. The van der Waals surface area contributed by atoms with Gasteiger partial charge >= 0.3 is 0 Å². The van der Waals surface area contributed by atoms with E-state index in [0.29, 0.717) is 0 Å². The molecule has 20 heavy (non-hydrogen) atoms. The van der Waals surface area contributed by atoms with E-state index >= 15 is 0 Å². The van der Waals surface area contributed by atoms with E-state index in [4.69, 9.17) is 0 Å². The molecule has 0 saturated heterocycles. The zero-order valence-electron chi connectivity index (χ0n) is 13.1. The molecule has 1 aromatic rings. The highest BCUT2D eigenvalue weighted by atomic mass is 14.4. The van der Waals surface area contributed by atoms with Gasteiger partial charge in [-0.3, -0.25) is 0 Å². The van der Waals surface area contributed by atoms with Gasteiger partial charge in [0.15, 0.2) is 0 Å². The number of hydrogen-bond donors (Lipinski definition) is 0. The summed E-state index contributed by atoms with van der Waals surface area (Å²) in [5.41, 5.74) is 3.08. The van der Waals surface area contributed by atoms with E-state index in [0.717, 1.165) is 24.2 Å². The lowest BCUT2D eigenvalue weighted by atomic mass is 9.88. The first kappa shape index (κ1) is 14.2. The summed E-state index contributed by atoms with van der Waals surface area (Å²) in [6.45, 7) is 2.24. The van der Waals surface area contributed by atoms with Crippen LogP contribution in [0.1, 0.15) is 81.8 Å². The molecule has 0 amide bonds. The van der Waals surface area contributed by atoms with Crippen molar-refractivity contribution in [3.63, 3.8) is 0 Å². The summed E-state index contributed by atoms with van der Waals surface area (Å²) in [5.74, 6) is 3.03. The Labute approximate surface area is 125 Å².